The topological polar surface area (TPSA) is 90.0 Å². The second-order valence-electron chi connectivity index (χ2n) is 6.61. The minimum Gasteiger partial charge on any atom is -0.333 e. The van der Waals surface area contributed by atoms with E-state index in [0.29, 0.717) is 12.3 Å². The zero-order valence-electron chi connectivity index (χ0n) is 13.5. The molecule has 128 valence electrons. The molecule has 0 saturated carbocycles. The summed E-state index contributed by atoms with van der Waals surface area (Å²) in [5.41, 5.74) is 5.14. The van der Waals surface area contributed by atoms with Crippen molar-refractivity contribution >= 4 is 22.4 Å². The maximum atomic E-state index is 12.6. The molecule has 1 aliphatic heterocycles. The Kier molecular flexibility index (Phi) is 6.44. The zero-order chi connectivity index (χ0) is 15.7. The van der Waals surface area contributed by atoms with Crippen LogP contribution < -0.4 is 10.5 Å². The minimum atomic E-state index is -3.63. The van der Waals surface area contributed by atoms with Gasteiger partial charge in [-0.05, 0) is 32.1 Å². The summed E-state index contributed by atoms with van der Waals surface area (Å²) in [6.45, 7) is 7.06. The predicted octanol–water partition coefficient (Wildman–Crippen LogP) is 1.68. The summed E-state index contributed by atoms with van der Waals surface area (Å²) in [4.78, 5) is 4.29. The fourth-order valence-corrected chi connectivity index (χ4v) is 4.37. The Morgan fingerprint density at radius 3 is 2.68 bits per heavy atom. The highest BCUT2D eigenvalue weighted by Gasteiger charge is 2.32. The lowest BCUT2D eigenvalue weighted by atomic mass is 9.92. The first-order chi connectivity index (χ1) is 9.76. The van der Waals surface area contributed by atoms with E-state index in [1.165, 1.54) is 0 Å². The number of fused-ring (bicyclic) bond motifs is 1. The largest absolute Gasteiger partial charge is 0.333 e. The number of hydrogen-bond acceptors (Lipinski definition) is 4. The van der Waals surface area contributed by atoms with Crippen molar-refractivity contribution in [2.45, 2.75) is 63.6 Å². The van der Waals surface area contributed by atoms with Gasteiger partial charge in [0.15, 0.2) is 5.03 Å². The van der Waals surface area contributed by atoms with Gasteiger partial charge in [-0.15, -0.1) is 12.4 Å². The van der Waals surface area contributed by atoms with Gasteiger partial charge in [0.25, 0.3) is 10.0 Å². The third-order valence-electron chi connectivity index (χ3n) is 3.85. The van der Waals surface area contributed by atoms with E-state index in [-0.39, 0.29) is 24.0 Å². The molecule has 22 heavy (non-hydrogen) atoms. The normalized spacial score (nSPS) is 17.7. The zero-order valence-corrected chi connectivity index (χ0v) is 15.1. The third-order valence-corrected chi connectivity index (χ3v) is 5.36. The van der Waals surface area contributed by atoms with Crippen LogP contribution in [0.4, 0.5) is 0 Å². The maximum absolute atomic E-state index is 12.6. The second-order valence-corrected chi connectivity index (χ2v) is 8.24. The molecular weight excluding hydrogens is 324 g/mol. The molecule has 0 radical (unpaired) electrons. The van der Waals surface area contributed by atoms with E-state index >= 15 is 0 Å². The molecule has 2 heterocycles. The molecule has 0 bridgehead atoms. The van der Waals surface area contributed by atoms with Gasteiger partial charge >= 0.3 is 0 Å². The van der Waals surface area contributed by atoms with E-state index in [1.807, 2.05) is 11.5 Å². The van der Waals surface area contributed by atoms with E-state index in [4.69, 9.17) is 5.73 Å². The van der Waals surface area contributed by atoms with Crippen LogP contribution in [0.3, 0.4) is 0 Å². The number of sulfonamides is 1. The van der Waals surface area contributed by atoms with Crippen molar-refractivity contribution < 1.29 is 8.42 Å². The monoisotopic (exact) mass is 350 g/mol. The average Bonchev–Trinajstić information content (AvgIpc) is 2.81. The number of rotatable bonds is 6. The summed E-state index contributed by atoms with van der Waals surface area (Å²) in [7, 11) is -3.63. The van der Waals surface area contributed by atoms with Crippen molar-refractivity contribution in [2.24, 2.45) is 11.7 Å². The lowest BCUT2D eigenvalue weighted by Crippen LogP contribution is -2.52. The van der Waals surface area contributed by atoms with Crippen LogP contribution in [0.2, 0.25) is 0 Å². The molecule has 0 amide bonds. The van der Waals surface area contributed by atoms with Crippen LogP contribution in [-0.2, 0) is 23.0 Å². The Morgan fingerprint density at radius 1 is 1.45 bits per heavy atom. The summed E-state index contributed by atoms with van der Waals surface area (Å²) in [5, 5.41) is 0.114. The first kappa shape index (κ1) is 19.4. The number of nitrogens with zero attached hydrogens (tertiary/aromatic N) is 2. The summed E-state index contributed by atoms with van der Waals surface area (Å²) >= 11 is 0. The van der Waals surface area contributed by atoms with Gasteiger partial charge in [-0.3, -0.25) is 0 Å². The van der Waals surface area contributed by atoms with Crippen molar-refractivity contribution in [3.8, 4) is 0 Å². The van der Waals surface area contributed by atoms with E-state index < -0.39 is 15.6 Å². The molecule has 0 fully saturated rings. The highest BCUT2D eigenvalue weighted by molar-refractivity contribution is 7.89. The molecule has 1 aromatic rings. The van der Waals surface area contributed by atoms with Gasteiger partial charge in [0.1, 0.15) is 5.82 Å². The van der Waals surface area contributed by atoms with Crippen LogP contribution in [0, 0.1) is 5.92 Å². The molecule has 0 aromatic carbocycles. The van der Waals surface area contributed by atoms with Gasteiger partial charge < -0.3 is 10.3 Å². The lowest BCUT2D eigenvalue weighted by molar-refractivity contribution is 0.344. The fourth-order valence-electron chi connectivity index (χ4n) is 2.96. The van der Waals surface area contributed by atoms with Crippen LogP contribution in [0.5, 0.6) is 0 Å². The second kappa shape index (κ2) is 7.29. The quantitative estimate of drug-likeness (QED) is 0.816. The van der Waals surface area contributed by atoms with Crippen molar-refractivity contribution in [3.63, 3.8) is 0 Å². The van der Waals surface area contributed by atoms with Crippen LogP contribution in [-0.4, -0.2) is 30.1 Å². The van der Waals surface area contributed by atoms with Gasteiger partial charge in [0.2, 0.25) is 0 Å². The lowest BCUT2D eigenvalue weighted by Gasteiger charge is -2.30. The van der Waals surface area contributed by atoms with E-state index in [2.05, 4.69) is 23.6 Å². The molecular formula is C14H27ClN4O2S. The van der Waals surface area contributed by atoms with Crippen LogP contribution in [0.1, 0.15) is 45.9 Å². The van der Waals surface area contributed by atoms with E-state index in [1.54, 1.807) is 6.20 Å². The summed E-state index contributed by atoms with van der Waals surface area (Å²) in [6, 6.07) is 0. The Bertz CT molecular complexity index is 576. The first-order valence-electron chi connectivity index (χ1n) is 7.56. The molecule has 1 unspecified atom stereocenters. The fraction of sp³-hybridized carbons (Fsp3) is 0.786. The Balaban J connectivity index is 0.00000242. The molecule has 1 aliphatic rings. The smallest absolute Gasteiger partial charge is 0.260 e. The van der Waals surface area contributed by atoms with Gasteiger partial charge in [0, 0.05) is 31.2 Å². The number of nitrogens with one attached hydrogen (secondary N) is 1. The summed E-state index contributed by atoms with van der Waals surface area (Å²) in [6.07, 6.45) is 5.32. The standard InChI is InChI=1S/C14H26N4O2S.ClH/c1-11(2)8-14(3,10-15)17-21(19,20)13-9-18-7-5-4-6-12(18)16-13;/h9,11,17H,4-8,10,15H2,1-3H3;1H. The molecule has 6 nitrogen and oxygen atoms in total. The predicted molar refractivity (Wildman–Crippen MR) is 89.6 cm³/mol. The SMILES string of the molecule is CC(C)CC(C)(CN)NS(=O)(=O)c1cn2c(n1)CCCC2.Cl. The first-order valence-corrected chi connectivity index (χ1v) is 9.04. The van der Waals surface area contributed by atoms with Crippen LogP contribution >= 0.6 is 12.4 Å². The Labute approximate surface area is 139 Å². The molecule has 1 atom stereocenters. The van der Waals surface area contributed by atoms with Crippen molar-refractivity contribution in [2.75, 3.05) is 6.54 Å². The minimum absolute atomic E-state index is 0. The van der Waals surface area contributed by atoms with Crippen LogP contribution in [0.15, 0.2) is 11.2 Å². The van der Waals surface area contributed by atoms with Crippen molar-refractivity contribution in [3.05, 3.63) is 12.0 Å². The molecule has 2 rings (SSSR count). The molecule has 1 aromatic heterocycles. The highest BCUT2D eigenvalue weighted by atomic mass is 35.5. The van der Waals surface area contributed by atoms with Crippen molar-refractivity contribution in [1.82, 2.24) is 14.3 Å². The molecule has 8 heteroatoms. The van der Waals surface area contributed by atoms with Gasteiger partial charge in [-0.2, -0.15) is 0 Å². The number of nitrogens with two attached hydrogens (primary N) is 1. The summed E-state index contributed by atoms with van der Waals surface area (Å²) in [5.74, 6) is 1.22. The average molecular weight is 351 g/mol. The highest BCUT2D eigenvalue weighted by Crippen LogP contribution is 2.21. The summed E-state index contributed by atoms with van der Waals surface area (Å²) < 4.78 is 29.8. The maximum Gasteiger partial charge on any atom is 0.260 e. The van der Waals surface area contributed by atoms with E-state index in [9.17, 15) is 8.42 Å². The van der Waals surface area contributed by atoms with E-state index in [0.717, 1.165) is 31.6 Å². The molecule has 0 aliphatic carbocycles. The number of halogens is 1. The third kappa shape index (κ3) is 4.44. The molecule has 0 saturated heterocycles. The number of aryl methyl sites for hydroxylation is 2. The van der Waals surface area contributed by atoms with Gasteiger partial charge in [-0.1, -0.05) is 13.8 Å². The Morgan fingerprint density at radius 2 is 2.14 bits per heavy atom. The van der Waals surface area contributed by atoms with Crippen LogP contribution in [0.25, 0.3) is 0 Å². The molecule has 0 spiro atoms. The number of imidazole rings is 1. The number of hydrogen-bond donors (Lipinski definition) is 2. The Hall–Kier alpha value is -0.630. The van der Waals surface area contributed by atoms with Gasteiger partial charge in [-0.25, -0.2) is 18.1 Å². The van der Waals surface area contributed by atoms with Crippen molar-refractivity contribution in [1.29, 1.82) is 0 Å². The molecule has 3 N–H and O–H groups in total. The number of aromatic nitrogens is 2. The van der Waals surface area contributed by atoms with Gasteiger partial charge in [0.05, 0.1) is 0 Å².